The molecule has 10 nitrogen and oxygen atoms in total. The highest BCUT2D eigenvalue weighted by Gasteiger charge is 2.21. The molecule has 0 fully saturated rings. The number of nitrogens with zero attached hydrogens (tertiary/aromatic N) is 3. The summed E-state index contributed by atoms with van der Waals surface area (Å²) in [7, 11) is 2.56. The van der Waals surface area contributed by atoms with Crippen LogP contribution in [0.5, 0.6) is 5.88 Å². The molecule has 12 heteroatoms. The first-order chi connectivity index (χ1) is 13.8. The second kappa shape index (κ2) is 8.45. The number of methoxy groups -OCH3 is 2. The lowest BCUT2D eigenvalue weighted by Gasteiger charge is -2.05. The highest BCUT2D eigenvalue weighted by Crippen LogP contribution is 2.37. The molecule has 2 aromatic heterocycles. The van der Waals surface area contributed by atoms with Gasteiger partial charge in [-0.25, -0.2) is 4.79 Å². The van der Waals surface area contributed by atoms with Crippen LogP contribution >= 0.6 is 22.9 Å². The van der Waals surface area contributed by atoms with Gasteiger partial charge in [0.1, 0.15) is 11.1 Å². The third-order valence-corrected chi connectivity index (χ3v) is 5.59. The Morgan fingerprint density at radius 3 is 2.76 bits per heavy atom. The largest absolute Gasteiger partial charge is 0.475 e. The van der Waals surface area contributed by atoms with Gasteiger partial charge < -0.3 is 14.8 Å². The van der Waals surface area contributed by atoms with Crippen LogP contribution in [-0.2, 0) is 16.1 Å². The van der Waals surface area contributed by atoms with Gasteiger partial charge in [0.25, 0.3) is 0 Å². The zero-order chi connectivity index (χ0) is 21.1. The normalized spacial score (nSPS) is 10.7. The predicted molar refractivity (Wildman–Crippen MR) is 107 cm³/mol. The summed E-state index contributed by atoms with van der Waals surface area (Å²) < 4.78 is 11.6. The van der Waals surface area contributed by atoms with Crippen LogP contribution in [0.4, 0.5) is 11.4 Å². The molecule has 0 radical (unpaired) electrons. The summed E-state index contributed by atoms with van der Waals surface area (Å²) in [5.74, 6) is -0.945. The molecule has 0 spiro atoms. The van der Waals surface area contributed by atoms with Crippen molar-refractivity contribution in [1.29, 1.82) is 0 Å². The number of ether oxygens (including phenoxy) is 2. The number of carbonyl (C=O) groups excluding carboxylic acids is 2. The molecular weight excluding hydrogens is 424 g/mol. The molecule has 0 atom stereocenters. The molecule has 3 rings (SSSR count). The molecule has 1 aromatic carbocycles. The van der Waals surface area contributed by atoms with Gasteiger partial charge in [0.15, 0.2) is 0 Å². The number of aryl methyl sites for hydroxylation is 1. The fourth-order valence-electron chi connectivity index (χ4n) is 2.58. The summed E-state index contributed by atoms with van der Waals surface area (Å²) in [6.45, 7) is 0.135. The van der Waals surface area contributed by atoms with Gasteiger partial charge in [-0.2, -0.15) is 0 Å². The molecule has 152 valence electrons. The lowest BCUT2D eigenvalue weighted by Crippen LogP contribution is -2.14. The van der Waals surface area contributed by atoms with Crippen LogP contribution in [0.25, 0.3) is 10.1 Å². The number of halogens is 1. The minimum absolute atomic E-state index is 0.0403. The second-order valence-corrected chi connectivity index (χ2v) is 7.22. The van der Waals surface area contributed by atoms with E-state index in [1.807, 2.05) is 0 Å². The number of hydrogen-bond acceptors (Lipinski definition) is 8. The van der Waals surface area contributed by atoms with Crippen molar-refractivity contribution in [2.24, 2.45) is 0 Å². The van der Waals surface area contributed by atoms with Gasteiger partial charge in [-0.05, 0) is 18.2 Å². The van der Waals surface area contributed by atoms with Crippen molar-refractivity contribution in [3.63, 3.8) is 0 Å². The minimum atomic E-state index is -0.605. The number of rotatable bonds is 7. The quantitative estimate of drug-likeness (QED) is 0.340. The number of aromatic nitrogens is 2. The molecule has 2 heterocycles. The fourth-order valence-corrected chi connectivity index (χ4v) is 4.05. The molecule has 0 aliphatic carbocycles. The second-order valence-electron chi connectivity index (χ2n) is 5.79. The minimum Gasteiger partial charge on any atom is -0.475 e. The molecular formula is C17H15ClN4O6S. The Kier molecular flexibility index (Phi) is 5.99. The summed E-state index contributed by atoms with van der Waals surface area (Å²) >= 11 is 7.38. The monoisotopic (exact) mass is 438 g/mol. The van der Waals surface area contributed by atoms with Crippen molar-refractivity contribution in [3.8, 4) is 5.88 Å². The van der Waals surface area contributed by atoms with Gasteiger partial charge in [0.2, 0.25) is 5.91 Å². The number of nitro groups is 1. The molecule has 3 aromatic rings. The van der Waals surface area contributed by atoms with E-state index in [-0.39, 0.29) is 30.4 Å². The number of thiophene rings is 1. The van der Waals surface area contributed by atoms with Crippen LogP contribution in [0.15, 0.2) is 24.4 Å². The maximum Gasteiger partial charge on any atom is 0.350 e. The topological polar surface area (TPSA) is 126 Å². The van der Waals surface area contributed by atoms with Gasteiger partial charge >= 0.3 is 17.5 Å². The smallest absolute Gasteiger partial charge is 0.350 e. The number of carbonyl (C=O) groups is 2. The SMILES string of the molecule is COC(=O)c1sc2cc(NC(=O)CCn3cc([N+](=O)[O-])c(OC)n3)ccc2c1Cl. The van der Waals surface area contributed by atoms with E-state index in [1.54, 1.807) is 18.2 Å². The van der Waals surface area contributed by atoms with Gasteiger partial charge in [0.05, 0.1) is 30.7 Å². The van der Waals surface area contributed by atoms with Crippen LogP contribution in [0.2, 0.25) is 5.02 Å². The van der Waals surface area contributed by atoms with E-state index in [4.69, 9.17) is 21.1 Å². The third-order valence-electron chi connectivity index (χ3n) is 3.95. The van der Waals surface area contributed by atoms with Crippen molar-refractivity contribution in [1.82, 2.24) is 9.78 Å². The standard InChI is InChI=1S/C17H15ClN4O6S/c1-27-16-11(22(25)26)8-21(20-16)6-5-13(23)19-9-3-4-10-12(7-9)29-15(14(10)18)17(24)28-2/h3-4,7-8H,5-6H2,1-2H3,(H,19,23). The molecule has 1 amide bonds. The van der Waals surface area contributed by atoms with Gasteiger partial charge in [-0.15, -0.1) is 16.4 Å². The number of hydrogen-bond donors (Lipinski definition) is 1. The summed E-state index contributed by atoms with van der Waals surface area (Å²) in [4.78, 5) is 34.6. The number of amides is 1. The summed E-state index contributed by atoms with van der Waals surface area (Å²) in [5.41, 5.74) is 0.259. The Morgan fingerprint density at radius 2 is 2.14 bits per heavy atom. The average Bonchev–Trinajstić information content (AvgIpc) is 3.27. The Labute approximate surface area is 173 Å². The number of nitrogens with one attached hydrogen (secondary N) is 1. The lowest BCUT2D eigenvalue weighted by molar-refractivity contribution is -0.385. The number of benzene rings is 1. The van der Waals surface area contributed by atoms with E-state index in [2.05, 4.69) is 10.4 Å². The van der Waals surface area contributed by atoms with Crippen LogP contribution in [0.1, 0.15) is 16.1 Å². The Hall–Kier alpha value is -3.18. The Bertz CT molecular complexity index is 1110. The Balaban J connectivity index is 1.68. The summed E-state index contributed by atoms with van der Waals surface area (Å²) in [6, 6.07) is 5.08. The molecule has 0 aliphatic heterocycles. The lowest BCUT2D eigenvalue weighted by atomic mass is 10.2. The highest BCUT2D eigenvalue weighted by molar-refractivity contribution is 7.21. The van der Waals surface area contributed by atoms with Gasteiger partial charge in [0, 0.05) is 22.2 Å². The van der Waals surface area contributed by atoms with Crippen molar-refractivity contribution in [2.75, 3.05) is 19.5 Å². The number of anilines is 1. The fraction of sp³-hybridized carbons (Fsp3) is 0.235. The van der Waals surface area contributed by atoms with E-state index in [1.165, 1.54) is 36.4 Å². The van der Waals surface area contributed by atoms with Crippen LogP contribution < -0.4 is 10.1 Å². The average molecular weight is 439 g/mol. The number of fused-ring (bicyclic) bond motifs is 1. The first-order valence-corrected chi connectivity index (χ1v) is 9.39. The van der Waals surface area contributed by atoms with Crippen molar-refractivity contribution >= 4 is 56.3 Å². The molecule has 0 bridgehead atoms. The molecule has 1 N–H and O–H groups in total. The van der Waals surface area contributed by atoms with Crippen LogP contribution in [0.3, 0.4) is 0 Å². The van der Waals surface area contributed by atoms with Crippen molar-refractivity contribution in [2.45, 2.75) is 13.0 Å². The molecule has 0 saturated carbocycles. The van der Waals surface area contributed by atoms with E-state index in [0.717, 1.165) is 4.70 Å². The molecule has 29 heavy (non-hydrogen) atoms. The Morgan fingerprint density at radius 1 is 1.38 bits per heavy atom. The maximum absolute atomic E-state index is 12.2. The van der Waals surface area contributed by atoms with E-state index < -0.39 is 10.9 Å². The van der Waals surface area contributed by atoms with E-state index >= 15 is 0 Å². The molecule has 0 aliphatic rings. The molecule has 0 saturated heterocycles. The highest BCUT2D eigenvalue weighted by atomic mass is 35.5. The van der Waals surface area contributed by atoms with Crippen molar-refractivity contribution < 1.29 is 24.0 Å². The van der Waals surface area contributed by atoms with E-state index in [9.17, 15) is 19.7 Å². The van der Waals surface area contributed by atoms with Crippen LogP contribution in [0, 0.1) is 10.1 Å². The third kappa shape index (κ3) is 4.30. The summed E-state index contributed by atoms with van der Waals surface area (Å²) in [6.07, 6.45) is 1.25. The zero-order valence-electron chi connectivity index (χ0n) is 15.3. The van der Waals surface area contributed by atoms with Crippen LogP contribution in [-0.4, -0.2) is 40.8 Å². The van der Waals surface area contributed by atoms with E-state index in [0.29, 0.717) is 21.0 Å². The molecule has 0 unspecified atom stereocenters. The first-order valence-electron chi connectivity index (χ1n) is 8.20. The maximum atomic E-state index is 12.2. The van der Waals surface area contributed by atoms with Crippen molar-refractivity contribution in [3.05, 3.63) is 44.4 Å². The zero-order valence-corrected chi connectivity index (χ0v) is 16.9. The van der Waals surface area contributed by atoms with Gasteiger partial charge in [-0.3, -0.25) is 19.6 Å². The van der Waals surface area contributed by atoms with Gasteiger partial charge in [-0.1, -0.05) is 11.6 Å². The summed E-state index contributed by atoms with van der Waals surface area (Å²) in [5, 5.41) is 18.6. The number of esters is 1. The first kappa shape index (κ1) is 20.6. The predicted octanol–water partition coefficient (Wildman–Crippen LogP) is 3.48.